The molecule has 0 fully saturated rings. The van der Waals surface area contributed by atoms with E-state index >= 15 is 0 Å². The molecule has 0 radical (unpaired) electrons. The van der Waals surface area contributed by atoms with Crippen molar-refractivity contribution in [2.24, 2.45) is 0 Å². The summed E-state index contributed by atoms with van der Waals surface area (Å²) in [5.74, 6) is -0.0630. The van der Waals surface area contributed by atoms with Crippen LogP contribution in [-0.2, 0) is 0 Å². The Bertz CT molecular complexity index is 851. The first kappa shape index (κ1) is 15.5. The lowest BCUT2D eigenvalue weighted by atomic mass is 10.3. The van der Waals surface area contributed by atoms with Crippen molar-refractivity contribution in [2.45, 2.75) is 0 Å². The summed E-state index contributed by atoms with van der Waals surface area (Å²) >= 11 is 9.32. The molecule has 1 heterocycles. The number of amides is 1. The van der Waals surface area contributed by atoms with E-state index < -0.39 is 0 Å². The zero-order valence-corrected chi connectivity index (χ0v) is 14.0. The molecule has 0 atom stereocenters. The van der Waals surface area contributed by atoms with Gasteiger partial charge < -0.3 is 10.6 Å². The fourth-order valence-corrected chi connectivity index (χ4v) is 2.50. The Morgan fingerprint density at radius 3 is 2.74 bits per heavy atom. The number of nitrogens with zero attached hydrogens (tertiary/aromatic N) is 2. The molecule has 0 saturated carbocycles. The number of anilines is 3. The quantitative estimate of drug-likeness (QED) is 0.621. The number of halogens is 2. The molecule has 0 aliphatic carbocycles. The lowest BCUT2D eigenvalue weighted by molar-refractivity contribution is 0.102. The topological polar surface area (TPSA) is 82.7 Å². The van der Waals surface area contributed by atoms with E-state index in [1.165, 1.54) is 0 Å². The Labute approximate surface area is 145 Å². The average molecular weight is 393 g/mol. The number of aromatic amines is 1. The highest BCUT2D eigenvalue weighted by Crippen LogP contribution is 2.24. The molecular formula is C15H11BrClN5O. The van der Waals surface area contributed by atoms with Crippen LogP contribution in [0.2, 0.25) is 5.02 Å². The summed E-state index contributed by atoms with van der Waals surface area (Å²) in [6.07, 6.45) is 0. The van der Waals surface area contributed by atoms with Crippen LogP contribution >= 0.6 is 27.5 Å². The van der Waals surface area contributed by atoms with Crippen molar-refractivity contribution >= 4 is 50.6 Å². The second kappa shape index (κ2) is 6.80. The van der Waals surface area contributed by atoms with Crippen LogP contribution in [0.4, 0.5) is 17.2 Å². The second-order valence-electron chi connectivity index (χ2n) is 4.59. The smallest absolute Gasteiger partial charge is 0.280 e. The maximum atomic E-state index is 12.4. The third-order valence-corrected chi connectivity index (χ3v) is 3.90. The fraction of sp³-hybridized carbons (Fsp3) is 0. The Kier molecular flexibility index (Phi) is 4.59. The number of hydrogen-bond donors (Lipinski definition) is 3. The zero-order chi connectivity index (χ0) is 16.2. The Morgan fingerprint density at radius 2 is 1.96 bits per heavy atom. The summed E-state index contributed by atoms with van der Waals surface area (Å²) in [7, 11) is 0. The molecule has 1 amide bonds. The molecular weight excluding hydrogens is 382 g/mol. The number of carbonyl (C=O) groups excluding carboxylic acids is 1. The average Bonchev–Trinajstić information content (AvgIpc) is 2.98. The van der Waals surface area contributed by atoms with Gasteiger partial charge in [0.05, 0.1) is 5.69 Å². The lowest BCUT2D eigenvalue weighted by Crippen LogP contribution is -2.14. The summed E-state index contributed by atoms with van der Waals surface area (Å²) < 4.78 is 0.779. The molecule has 3 N–H and O–H groups in total. The molecule has 2 aromatic carbocycles. The van der Waals surface area contributed by atoms with Crippen molar-refractivity contribution in [3.8, 4) is 0 Å². The third kappa shape index (κ3) is 3.69. The summed E-state index contributed by atoms with van der Waals surface area (Å²) in [5, 5.41) is 16.7. The lowest BCUT2D eigenvalue weighted by Gasteiger charge is -2.07. The largest absolute Gasteiger partial charge is 0.337 e. The molecule has 0 saturated heterocycles. The molecule has 6 nitrogen and oxygen atoms in total. The monoisotopic (exact) mass is 391 g/mol. The molecule has 1 aromatic heterocycles. The first-order valence-corrected chi connectivity index (χ1v) is 7.80. The molecule has 0 aliphatic rings. The zero-order valence-electron chi connectivity index (χ0n) is 11.7. The molecule has 0 bridgehead atoms. The van der Waals surface area contributed by atoms with E-state index in [9.17, 15) is 4.79 Å². The number of aromatic nitrogens is 3. The molecule has 3 aromatic rings. The summed E-state index contributed by atoms with van der Waals surface area (Å²) in [6, 6.07) is 14.4. The summed E-state index contributed by atoms with van der Waals surface area (Å²) in [5.41, 5.74) is 1.51. The summed E-state index contributed by atoms with van der Waals surface area (Å²) in [6.45, 7) is 0. The van der Waals surface area contributed by atoms with E-state index in [-0.39, 0.29) is 11.6 Å². The minimum atomic E-state index is -0.379. The van der Waals surface area contributed by atoms with Crippen molar-refractivity contribution < 1.29 is 4.79 Å². The number of nitrogens with one attached hydrogen (secondary N) is 3. The molecule has 3 rings (SSSR count). The van der Waals surface area contributed by atoms with Gasteiger partial charge in [0.25, 0.3) is 5.91 Å². The SMILES string of the molecule is O=C(Nc1ccccc1Br)c1n[nH]nc1Nc1cccc(Cl)c1. The highest BCUT2D eigenvalue weighted by molar-refractivity contribution is 9.10. The molecule has 0 spiro atoms. The number of hydrogen-bond acceptors (Lipinski definition) is 4. The molecule has 23 heavy (non-hydrogen) atoms. The van der Waals surface area contributed by atoms with E-state index in [1.807, 2.05) is 24.3 Å². The van der Waals surface area contributed by atoms with E-state index in [1.54, 1.807) is 24.3 Å². The van der Waals surface area contributed by atoms with Crippen molar-refractivity contribution in [1.82, 2.24) is 15.4 Å². The van der Waals surface area contributed by atoms with Crippen LogP contribution in [0.1, 0.15) is 10.5 Å². The van der Waals surface area contributed by atoms with Gasteiger partial charge in [-0.3, -0.25) is 4.79 Å². The van der Waals surface area contributed by atoms with Gasteiger partial charge >= 0.3 is 0 Å². The standard InChI is InChI=1S/C15H11BrClN5O/c16-11-6-1-2-7-12(11)19-15(23)13-14(21-22-20-13)18-10-5-3-4-9(17)8-10/h1-8H,(H,19,23)(H2,18,20,21,22). The van der Waals surface area contributed by atoms with E-state index in [4.69, 9.17) is 11.6 Å². The third-order valence-electron chi connectivity index (χ3n) is 2.97. The van der Waals surface area contributed by atoms with Crippen molar-refractivity contribution in [2.75, 3.05) is 10.6 Å². The minimum Gasteiger partial charge on any atom is -0.337 e. The fourth-order valence-electron chi connectivity index (χ4n) is 1.92. The van der Waals surface area contributed by atoms with Gasteiger partial charge in [-0.15, -0.1) is 10.2 Å². The van der Waals surface area contributed by atoms with Gasteiger partial charge in [0, 0.05) is 15.2 Å². The molecule has 116 valence electrons. The van der Waals surface area contributed by atoms with E-state index in [0.717, 1.165) is 4.47 Å². The van der Waals surface area contributed by atoms with Crippen LogP contribution in [0.5, 0.6) is 0 Å². The highest BCUT2D eigenvalue weighted by atomic mass is 79.9. The first-order chi connectivity index (χ1) is 11.1. The van der Waals surface area contributed by atoms with Gasteiger partial charge in [0.1, 0.15) is 0 Å². The normalized spacial score (nSPS) is 10.3. The van der Waals surface area contributed by atoms with Crippen molar-refractivity contribution in [3.63, 3.8) is 0 Å². The Morgan fingerprint density at radius 1 is 1.13 bits per heavy atom. The van der Waals surface area contributed by atoms with Crippen molar-refractivity contribution in [3.05, 3.63) is 63.7 Å². The van der Waals surface area contributed by atoms with Gasteiger partial charge in [-0.2, -0.15) is 5.21 Å². The Hall–Kier alpha value is -2.38. The van der Waals surface area contributed by atoms with Crippen LogP contribution < -0.4 is 10.6 Å². The molecule has 0 unspecified atom stereocenters. The number of benzene rings is 2. The molecule has 8 heteroatoms. The van der Waals surface area contributed by atoms with Crippen molar-refractivity contribution in [1.29, 1.82) is 0 Å². The maximum absolute atomic E-state index is 12.4. The predicted molar refractivity (Wildman–Crippen MR) is 93.2 cm³/mol. The van der Waals surface area contributed by atoms with Gasteiger partial charge in [-0.05, 0) is 46.3 Å². The number of carbonyl (C=O) groups is 1. The minimum absolute atomic E-state index is 0.153. The number of para-hydroxylation sites is 1. The van der Waals surface area contributed by atoms with E-state index in [0.29, 0.717) is 22.2 Å². The second-order valence-corrected chi connectivity index (χ2v) is 5.88. The first-order valence-electron chi connectivity index (χ1n) is 6.63. The number of H-pyrrole nitrogens is 1. The van der Waals surface area contributed by atoms with Crippen LogP contribution in [0.3, 0.4) is 0 Å². The van der Waals surface area contributed by atoms with Gasteiger partial charge in [-0.1, -0.05) is 29.8 Å². The van der Waals surface area contributed by atoms with Crippen LogP contribution in [0.25, 0.3) is 0 Å². The van der Waals surface area contributed by atoms with E-state index in [2.05, 4.69) is 42.0 Å². The van der Waals surface area contributed by atoms with Crippen LogP contribution in [-0.4, -0.2) is 21.3 Å². The predicted octanol–water partition coefficient (Wildman–Crippen LogP) is 4.22. The van der Waals surface area contributed by atoms with Crippen LogP contribution in [0, 0.1) is 0 Å². The Balaban J connectivity index is 1.80. The molecule has 0 aliphatic heterocycles. The number of rotatable bonds is 4. The maximum Gasteiger partial charge on any atom is 0.280 e. The van der Waals surface area contributed by atoms with Gasteiger partial charge in [0.15, 0.2) is 11.5 Å². The highest BCUT2D eigenvalue weighted by Gasteiger charge is 2.17. The van der Waals surface area contributed by atoms with Gasteiger partial charge in [0.2, 0.25) is 0 Å². The van der Waals surface area contributed by atoms with Gasteiger partial charge in [-0.25, -0.2) is 0 Å². The summed E-state index contributed by atoms with van der Waals surface area (Å²) in [4.78, 5) is 12.4. The van der Waals surface area contributed by atoms with Crippen LogP contribution in [0.15, 0.2) is 53.0 Å².